The van der Waals surface area contributed by atoms with Crippen molar-refractivity contribution >= 4 is 21.6 Å². The molecule has 0 radical (unpaired) electrons. The predicted molar refractivity (Wildman–Crippen MR) is 76.6 cm³/mol. The molecule has 3 aromatic rings. The maximum absolute atomic E-state index is 14.0. The van der Waals surface area contributed by atoms with E-state index >= 15 is 0 Å². The van der Waals surface area contributed by atoms with Crippen LogP contribution in [0.5, 0.6) is 0 Å². The average molecular weight is 352 g/mol. The number of nitrogens with zero attached hydrogens (tertiary/aromatic N) is 4. The van der Waals surface area contributed by atoms with Crippen molar-refractivity contribution in [1.29, 1.82) is 0 Å². The summed E-state index contributed by atoms with van der Waals surface area (Å²) >= 11 is 3.02. The fraction of sp³-hybridized carbons (Fsp3) is 0. The Morgan fingerprint density at radius 3 is 2.48 bits per heavy atom. The monoisotopic (exact) mass is 351 g/mol. The molecule has 1 heterocycles. The number of nitrogen functional groups attached to an aromatic ring is 1. The second-order valence-corrected chi connectivity index (χ2v) is 5.11. The van der Waals surface area contributed by atoms with E-state index in [1.165, 1.54) is 10.7 Å². The van der Waals surface area contributed by atoms with E-state index in [0.717, 1.165) is 6.07 Å². The van der Waals surface area contributed by atoms with E-state index in [4.69, 9.17) is 5.73 Å². The first kappa shape index (κ1) is 13.6. The van der Waals surface area contributed by atoms with Gasteiger partial charge in [0.15, 0.2) is 11.6 Å². The molecule has 0 atom stereocenters. The van der Waals surface area contributed by atoms with Crippen molar-refractivity contribution in [3.05, 3.63) is 52.5 Å². The first-order chi connectivity index (χ1) is 10.1. The SMILES string of the molecule is Nc1ccc(-c2nnnn2-c2cc(Br)c(F)cc2F)cc1. The molecule has 21 heavy (non-hydrogen) atoms. The minimum atomic E-state index is -0.764. The lowest BCUT2D eigenvalue weighted by molar-refractivity contribution is 0.568. The van der Waals surface area contributed by atoms with Crippen molar-refractivity contribution in [1.82, 2.24) is 20.2 Å². The number of tetrazole rings is 1. The van der Waals surface area contributed by atoms with Crippen molar-refractivity contribution in [3.63, 3.8) is 0 Å². The Balaban J connectivity index is 2.15. The van der Waals surface area contributed by atoms with Crippen LogP contribution >= 0.6 is 15.9 Å². The normalized spacial score (nSPS) is 10.8. The lowest BCUT2D eigenvalue weighted by Crippen LogP contribution is -2.03. The van der Waals surface area contributed by atoms with Crippen LogP contribution in [0.25, 0.3) is 17.1 Å². The molecule has 3 rings (SSSR count). The summed E-state index contributed by atoms with van der Waals surface area (Å²) in [5, 5.41) is 11.2. The summed E-state index contributed by atoms with van der Waals surface area (Å²) in [6.45, 7) is 0. The second kappa shape index (κ2) is 5.21. The van der Waals surface area contributed by atoms with Crippen molar-refractivity contribution in [2.24, 2.45) is 0 Å². The Hall–Kier alpha value is -2.35. The first-order valence-electron chi connectivity index (χ1n) is 5.85. The number of halogens is 3. The van der Waals surface area contributed by atoms with E-state index in [-0.39, 0.29) is 10.2 Å². The maximum atomic E-state index is 14.0. The van der Waals surface area contributed by atoms with Gasteiger partial charge in [0, 0.05) is 17.3 Å². The molecule has 0 bridgehead atoms. The fourth-order valence-corrected chi connectivity index (χ4v) is 2.17. The highest BCUT2D eigenvalue weighted by Gasteiger charge is 2.16. The minimum Gasteiger partial charge on any atom is -0.399 e. The van der Waals surface area contributed by atoms with Crippen LogP contribution in [0.4, 0.5) is 14.5 Å². The Kier molecular flexibility index (Phi) is 3.38. The number of nitrogens with two attached hydrogens (primary N) is 1. The summed E-state index contributed by atoms with van der Waals surface area (Å²) < 4.78 is 28.6. The number of hydrogen-bond donors (Lipinski definition) is 1. The summed E-state index contributed by atoms with van der Waals surface area (Å²) in [4.78, 5) is 0. The molecule has 0 aliphatic carbocycles. The number of anilines is 1. The summed E-state index contributed by atoms with van der Waals surface area (Å²) in [6.07, 6.45) is 0. The van der Waals surface area contributed by atoms with Gasteiger partial charge in [-0.15, -0.1) is 5.10 Å². The molecular weight excluding hydrogens is 344 g/mol. The van der Waals surface area contributed by atoms with Gasteiger partial charge in [-0.2, -0.15) is 4.68 Å². The van der Waals surface area contributed by atoms with Gasteiger partial charge >= 0.3 is 0 Å². The van der Waals surface area contributed by atoms with Gasteiger partial charge in [0.25, 0.3) is 0 Å². The Bertz CT molecular complexity index is 801. The average Bonchev–Trinajstić information content (AvgIpc) is 2.93. The topological polar surface area (TPSA) is 69.6 Å². The van der Waals surface area contributed by atoms with E-state index < -0.39 is 11.6 Å². The minimum absolute atomic E-state index is 0.0418. The van der Waals surface area contributed by atoms with Gasteiger partial charge in [0.1, 0.15) is 11.5 Å². The zero-order chi connectivity index (χ0) is 15.0. The highest BCUT2D eigenvalue weighted by atomic mass is 79.9. The summed E-state index contributed by atoms with van der Waals surface area (Å²) in [5.41, 5.74) is 6.92. The number of benzene rings is 2. The number of aromatic nitrogens is 4. The number of rotatable bonds is 2. The second-order valence-electron chi connectivity index (χ2n) is 4.25. The summed E-state index contributed by atoms with van der Waals surface area (Å²) in [5.74, 6) is -1.13. The molecule has 2 N–H and O–H groups in total. The van der Waals surface area contributed by atoms with Crippen LogP contribution in [0.2, 0.25) is 0 Å². The van der Waals surface area contributed by atoms with E-state index in [0.29, 0.717) is 17.1 Å². The molecule has 0 fully saturated rings. The van der Waals surface area contributed by atoms with Crippen LogP contribution in [0.3, 0.4) is 0 Å². The van der Waals surface area contributed by atoms with Crippen LogP contribution in [-0.4, -0.2) is 20.2 Å². The van der Waals surface area contributed by atoms with Gasteiger partial charge in [0.2, 0.25) is 0 Å². The van der Waals surface area contributed by atoms with Crippen molar-refractivity contribution in [2.45, 2.75) is 0 Å². The molecule has 0 spiro atoms. The van der Waals surface area contributed by atoms with Crippen LogP contribution < -0.4 is 5.73 Å². The largest absolute Gasteiger partial charge is 0.399 e. The van der Waals surface area contributed by atoms with Crippen molar-refractivity contribution in [3.8, 4) is 17.1 Å². The number of hydrogen-bond acceptors (Lipinski definition) is 4. The summed E-state index contributed by atoms with van der Waals surface area (Å²) in [6, 6.07) is 8.86. The molecule has 106 valence electrons. The Morgan fingerprint density at radius 1 is 1.05 bits per heavy atom. The molecule has 0 saturated carbocycles. The molecule has 0 aliphatic rings. The Morgan fingerprint density at radius 2 is 1.76 bits per heavy atom. The molecule has 2 aromatic carbocycles. The molecule has 0 amide bonds. The molecule has 0 unspecified atom stereocenters. The zero-order valence-corrected chi connectivity index (χ0v) is 12.1. The third kappa shape index (κ3) is 2.49. The van der Waals surface area contributed by atoms with Gasteiger partial charge < -0.3 is 5.73 Å². The fourth-order valence-electron chi connectivity index (χ4n) is 1.84. The van der Waals surface area contributed by atoms with Crippen LogP contribution in [0.1, 0.15) is 0 Å². The van der Waals surface area contributed by atoms with Crippen LogP contribution in [-0.2, 0) is 0 Å². The highest BCUT2D eigenvalue weighted by Crippen LogP contribution is 2.26. The lowest BCUT2D eigenvalue weighted by Gasteiger charge is -2.07. The standard InChI is InChI=1S/C13H8BrF2N5/c14-9-5-12(11(16)6-10(9)15)21-13(18-19-20-21)7-1-3-8(17)4-2-7/h1-6H,17H2. The van der Waals surface area contributed by atoms with E-state index in [1.807, 2.05) is 0 Å². The third-order valence-electron chi connectivity index (χ3n) is 2.86. The molecule has 1 aromatic heterocycles. The van der Waals surface area contributed by atoms with Gasteiger partial charge in [0.05, 0.1) is 4.47 Å². The van der Waals surface area contributed by atoms with Gasteiger partial charge in [-0.3, -0.25) is 0 Å². The van der Waals surface area contributed by atoms with Crippen LogP contribution in [0.15, 0.2) is 40.9 Å². The highest BCUT2D eigenvalue weighted by molar-refractivity contribution is 9.10. The molecule has 8 heteroatoms. The zero-order valence-electron chi connectivity index (χ0n) is 10.5. The third-order valence-corrected chi connectivity index (χ3v) is 3.46. The quantitative estimate of drug-likeness (QED) is 0.569. The van der Waals surface area contributed by atoms with Crippen molar-refractivity contribution < 1.29 is 8.78 Å². The van der Waals surface area contributed by atoms with Crippen LogP contribution in [0, 0.1) is 11.6 Å². The molecule has 5 nitrogen and oxygen atoms in total. The van der Waals surface area contributed by atoms with Gasteiger partial charge in [-0.1, -0.05) is 0 Å². The molecule has 0 aliphatic heterocycles. The molecular formula is C13H8BrF2N5. The molecule has 0 saturated heterocycles. The first-order valence-corrected chi connectivity index (χ1v) is 6.65. The van der Waals surface area contributed by atoms with Gasteiger partial charge in [-0.05, 0) is 56.7 Å². The maximum Gasteiger partial charge on any atom is 0.187 e. The smallest absolute Gasteiger partial charge is 0.187 e. The van der Waals surface area contributed by atoms with E-state index in [2.05, 4.69) is 31.5 Å². The van der Waals surface area contributed by atoms with E-state index in [1.54, 1.807) is 24.3 Å². The summed E-state index contributed by atoms with van der Waals surface area (Å²) in [7, 11) is 0. The van der Waals surface area contributed by atoms with Crippen molar-refractivity contribution in [2.75, 3.05) is 5.73 Å². The van der Waals surface area contributed by atoms with E-state index in [9.17, 15) is 8.78 Å². The Labute approximate surface area is 126 Å². The predicted octanol–water partition coefficient (Wildman–Crippen LogP) is 2.95. The lowest BCUT2D eigenvalue weighted by atomic mass is 10.2. The van der Waals surface area contributed by atoms with Gasteiger partial charge in [-0.25, -0.2) is 8.78 Å².